The molecule has 1 aliphatic carbocycles. The summed E-state index contributed by atoms with van der Waals surface area (Å²) >= 11 is 0. The summed E-state index contributed by atoms with van der Waals surface area (Å²) in [6.45, 7) is 6.97. The van der Waals surface area contributed by atoms with Gasteiger partial charge in [0, 0.05) is 19.3 Å². The number of nitrogens with zero attached hydrogens (tertiary/aromatic N) is 1. The summed E-state index contributed by atoms with van der Waals surface area (Å²) in [5.74, 6) is -0.211. The van der Waals surface area contributed by atoms with Gasteiger partial charge in [-0.2, -0.15) is 0 Å². The van der Waals surface area contributed by atoms with Crippen LogP contribution in [0, 0.1) is 18.8 Å². The zero-order chi connectivity index (χ0) is 17.0. The smallest absolute Gasteiger partial charge is 0.228 e. The van der Waals surface area contributed by atoms with Gasteiger partial charge in [0.25, 0.3) is 0 Å². The molecule has 2 atom stereocenters. The predicted molar refractivity (Wildman–Crippen MR) is 93.3 cm³/mol. The van der Waals surface area contributed by atoms with E-state index in [0.29, 0.717) is 6.42 Å². The number of anilines is 1. The van der Waals surface area contributed by atoms with Gasteiger partial charge in [0.1, 0.15) is 0 Å². The molecule has 0 radical (unpaired) electrons. The lowest BCUT2D eigenvalue weighted by Gasteiger charge is -2.17. The first kappa shape index (κ1) is 17.5. The second-order valence-electron chi connectivity index (χ2n) is 6.51. The fourth-order valence-electron chi connectivity index (χ4n) is 2.96. The molecule has 1 saturated carbocycles. The van der Waals surface area contributed by atoms with Gasteiger partial charge < -0.3 is 10.2 Å². The van der Waals surface area contributed by atoms with Crippen LogP contribution in [0.4, 0.5) is 5.69 Å². The van der Waals surface area contributed by atoms with E-state index in [0.717, 1.165) is 42.6 Å². The fourth-order valence-corrected chi connectivity index (χ4v) is 2.96. The molecule has 1 fully saturated rings. The largest absolute Gasteiger partial charge is 0.346 e. The van der Waals surface area contributed by atoms with E-state index in [4.69, 9.17) is 0 Å². The molecular weight excluding hydrogens is 288 g/mol. The van der Waals surface area contributed by atoms with Crippen LogP contribution in [0.1, 0.15) is 44.2 Å². The van der Waals surface area contributed by atoms with Gasteiger partial charge in [0.2, 0.25) is 11.8 Å². The van der Waals surface area contributed by atoms with Gasteiger partial charge in [-0.05, 0) is 37.3 Å². The number of para-hydroxylation sites is 1. The molecule has 2 rings (SSSR count). The van der Waals surface area contributed by atoms with Crippen molar-refractivity contribution in [1.29, 1.82) is 0 Å². The Balaban J connectivity index is 1.95. The molecule has 0 aromatic heterocycles. The lowest BCUT2D eigenvalue weighted by atomic mass is 10.1. The van der Waals surface area contributed by atoms with Crippen LogP contribution in [0.5, 0.6) is 0 Å². The monoisotopic (exact) mass is 316 g/mol. The van der Waals surface area contributed by atoms with Gasteiger partial charge in [-0.1, -0.05) is 38.5 Å². The van der Waals surface area contributed by atoms with Gasteiger partial charge in [-0.15, -0.1) is 0 Å². The minimum atomic E-state index is -0.170. The Bertz CT molecular complexity index is 583. The molecule has 0 saturated heterocycles. The van der Waals surface area contributed by atoms with Crippen LogP contribution >= 0.6 is 0 Å². The highest BCUT2D eigenvalue weighted by atomic mass is 16.2. The fraction of sp³-hybridized carbons (Fsp3) is 0.579. The molecular formula is C19H28N2O2. The van der Waals surface area contributed by atoms with Crippen molar-refractivity contribution < 1.29 is 9.59 Å². The van der Waals surface area contributed by atoms with Crippen LogP contribution in [0.25, 0.3) is 0 Å². The summed E-state index contributed by atoms with van der Waals surface area (Å²) in [5, 5.41) is 3.05. The van der Waals surface area contributed by atoms with Gasteiger partial charge >= 0.3 is 0 Å². The number of hydrogen-bond donors (Lipinski definition) is 1. The number of carbonyl (C=O) groups excluding carboxylic acids is 2. The second-order valence-corrected chi connectivity index (χ2v) is 6.51. The zero-order valence-corrected chi connectivity index (χ0v) is 14.7. The SMILES string of the molecule is CCCCN(C)C(=O)C1CC1C(=O)Nc1c(C)cccc1CC. The van der Waals surface area contributed by atoms with Crippen LogP contribution in [0.2, 0.25) is 0 Å². The molecule has 2 amide bonds. The van der Waals surface area contributed by atoms with Crippen LogP contribution in [0.3, 0.4) is 0 Å². The lowest BCUT2D eigenvalue weighted by Crippen LogP contribution is -2.30. The van der Waals surface area contributed by atoms with E-state index in [2.05, 4.69) is 19.2 Å². The van der Waals surface area contributed by atoms with E-state index < -0.39 is 0 Å². The molecule has 1 aromatic rings. The summed E-state index contributed by atoms with van der Waals surface area (Å²) in [4.78, 5) is 26.5. The minimum Gasteiger partial charge on any atom is -0.346 e. The van der Waals surface area contributed by atoms with Gasteiger partial charge in [-0.3, -0.25) is 9.59 Å². The van der Waals surface area contributed by atoms with Gasteiger partial charge in [-0.25, -0.2) is 0 Å². The number of amides is 2. The highest BCUT2D eigenvalue weighted by Crippen LogP contribution is 2.41. The molecule has 2 unspecified atom stereocenters. The van der Waals surface area contributed by atoms with Crippen molar-refractivity contribution in [2.24, 2.45) is 11.8 Å². The third kappa shape index (κ3) is 4.12. The van der Waals surface area contributed by atoms with Crippen molar-refractivity contribution in [3.8, 4) is 0 Å². The second kappa shape index (κ2) is 7.62. The topological polar surface area (TPSA) is 49.4 Å². The van der Waals surface area contributed by atoms with Crippen LogP contribution in [-0.4, -0.2) is 30.3 Å². The first-order valence-electron chi connectivity index (χ1n) is 8.63. The molecule has 4 nitrogen and oxygen atoms in total. The van der Waals surface area contributed by atoms with E-state index in [9.17, 15) is 9.59 Å². The third-order valence-electron chi connectivity index (χ3n) is 4.66. The molecule has 1 aliphatic rings. The number of benzene rings is 1. The van der Waals surface area contributed by atoms with Crippen molar-refractivity contribution in [3.63, 3.8) is 0 Å². The molecule has 0 spiro atoms. The number of unbranched alkanes of at least 4 members (excludes halogenated alkanes) is 1. The van der Waals surface area contributed by atoms with Crippen molar-refractivity contribution in [2.45, 2.75) is 46.5 Å². The van der Waals surface area contributed by atoms with Crippen molar-refractivity contribution in [1.82, 2.24) is 4.90 Å². The average Bonchev–Trinajstić information content (AvgIpc) is 3.34. The Kier molecular flexibility index (Phi) is 5.80. The number of hydrogen-bond acceptors (Lipinski definition) is 2. The van der Waals surface area contributed by atoms with Crippen LogP contribution < -0.4 is 5.32 Å². The summed E-state index contributed by atoms with van der Waals surface area (Å²) in [6.07, 6.45) is 3.63. The first-order valence-corrected chi connectivity index (χ1v) is 8.63. The Hall–Kier alpha value is -1.84. The van der Waals surface area contributed by atoms with E-state index in [1.807, 2.05) is 32.2 Å². The predicted octanol–water partition coefficient (Wildman–Crippen LogP) is 3.39. The highest BCUT2D eigenvalue weighted by Gasteiger charge is 2.49. The van der Waals surface area contributed by atoms with E-state index in [-0.39, 0.29) is 23.7 Å². The number of rotatable bonds is 7. The van der Waals surface area contributed by atoms with E-state index in [1.54, 1.807) is 4.90 Å². The molecule has 23 heavy (non-hydrogen) atoms. The number of carbonyl (C=O) groups is 2. The maximum Gasteiger partial charge on any atom is 0.228 e. The maximum atomic E-state index is 12.5. The summed E-state index contributed by atoms with van der Waals surface area (Å²) in [6, 6.07) is 6.05. The summed E-state index contributed by atoms with van der Waals surface area (Å²) < 4.78 is 0. The lowest BCUT2D eigenvalue weighted by molar-refractivity contribution is -0.132. The number of nitrogens with one attached hydrogen (secondary N) is 1. The van der Waals surface area contributed by atoms with Crippen molar-refractivity contribution in [3.05, 3.63) is 29.3 Å². The third-order valence-corrected chi connectivity index (χ3v) is 4.66. The van der Waals surface area contributed by atoms with Crippen LogP contribution in [0.15, 0.2) is 18.2 Å². The molecule has 0 heterocycles. The van der Waals surface area contributed by atoms with Crippen molar-refractivity contribution in [2.75, 3.05) is 18.9 Å². The molecule has 0 aliphatic heterocycles. The van der Waals surface area contributed by atoms with Gasteiger partial charge in [0.05, 0.1) is 11.8 Å². The normalized spacial score (nSPS) is 19.3. The van der Waals surface area contributed by atoms with E-state index >= 15 is 0 Å². The molecule has 1 aromatic carbocycles. The molecule has 0 bridgehead atoms. The maximum absolute atomic E-state index is 12.5. The molecule has 1 N–H and O–H groups in total. The Morgan fingerprint density at radius 3 is 2.65 bits per heavy atom. The standard InChI is InChI=1S/C19H28N2O2/c1-5-7-11-21(4)19(23)16-12-15(16)18(22)20-17-13(3)9-8-10-14(17)6-2/h8-10,15-16H,5-7,11-12H2,1-4H3,(H,20,22). The van der Waals surface area contributed by atoms with Gasteiger partial charge in [0.15, 0.2) is 0 Å². The number of aryl methyl sites for hydroxylation is 2. The first-order chi connectivity index (χ1) is 11.0. The van der Waals surface area contributed by atoms with Crippen molar-refractivity contribution >= 4 is 17.5 Å². The molecule has 126 valence electrons. The highest BCUT2D eigenvalue weighted by molar-refractivity contribution is 6.00. The Labute approximate surface area is 139 Å². The Morgan fingerprint density at radius 2 is 2.00 bits per heavy atom. The summed E-state index contributed by atoms with van der Waals surface area (Å²) in [5.41, 5.74) is 3.13. The minimum absolute atomic E-state index is 0.0174. The quantitative estimate of drug-likeness (QED) is 0.838. The summed E-state index contributed by atoms with van der Waals surface area (Å²) in [7, 11) is 1.84. The van der Waals surface area contributed by atoms with E-state index in [1.165, 1.54) is 0 Å². The Morgan fingerprint density at radius 1 is 1.26 bits per heavy atom. The zero-order valence-electron chi connectivity index (χ0n) is 14.7. The van der Waals surface area contributed by atoms with Crippen LogP contribution in [-0.2, 0) is 16.0 Å². The molecule has 4 heteroatoms. The average molecular weight is 316 g/mol.